The van der Waals surface area contributed by atoms with E-state index in [0.717, 1.165) is 19.4 Å². The molecule has 3 unspecified atom stereocenters. The number of esters is 1. The highest BCUT2D eigenvalue weighted by Crippen LogP contribution is 2.48. The number of fused-ring (bicyclic) bond motifs is 2. The largest absolute Gasteiger partial charge is 0.465 e. The SMILES string of the molecule is CCOC(=O)C1[C@H]2CC3OC3C[C@H]2CN1B(C)O. The minimum Gasteiger partial charge on any atom is -0.465 e. The van der Waals surface area contributed by atoms with Crippen molar-refractivity contribution in [1.82, 2.24) is 4.81 Å². The number of nitrogens with zero attached hydrogens (tertiary/aromatic N) is 1. The molecule has 3 aliphatic rings. The highest BCUT2D eigenvalue weighted by Gasteiger charge is 2.57. The van der Waals surface area contributed by atoms with Crippen LogP contribution >= 0.6 is 0 Å². The summed E-state index contributed by atoms with van der Waals surface area (Å²) in [7, 11) is -0.595. The van der Waals surface area contributed by atoms with Crippen LogP contribution in [0.3, 0.4) is 0 Å². The monoisotopic (exact) mass is 253 g/mol. The van der Waals surface area contributed by atoms with Crippen LogP contribution in [0.15, 0.2) is 0 Å². The van der Waals surface area contributed by atoms with Gasteiger partial charge in [-0.3, -0.25) is 4.79 Å². The van der Waals surface area contributed by atoms with E-state index in [-0.39, 0.29) is 17.9 Å². The molecule has 3 fully saturated rings. The first-order valence-corrected chi connectivity index (χ1v) is 6.87. The van der Waals surface area contributed by atoms with Crippen LogP contribution in [0.5, 0.6) is 0 Å². The van der Waals surface area contributed by atoms with E-state index in [2.05, 4.69) is 0 Å². The molecular formula is C12H20BNO4. The second-order valence-electron chi connectivity index (χ2n) is 5.63. The van der Waals surface area contributed by atoms with E-state index in [9.17, 15) is 9.82 Å². The number of ether oxygens (including phenoxy) is 2. The summed E-state index contributed by atoms with van der Waals surface area (Å²) in [6, 6.07) is -0.292. The molecule has 0 spiro atoms. The molecule has 0 bridgehead atoms. The first-order chi connectivity index (χ1) is 8.61. The lowest BCUT2D eigenvalue weighted by molar-refractivity contribution is -0.148. The molecule has 1 N–H and O–H groups in total. The van der Waals surface area contributed by atoms with Gasteiger partial charge in [-0.15, -0.1) is 0 Å². The van der Waals surface area contributed by atoms with Crippen molar-refractivity contribution >= 4 is 13.0 Å². The molecule has 0 aromatic heterocycles. The zero-order chi connectivity index (χ0) is 12.9. The Hall–Kier alpha value is -0.585. The Morgan fingerprint density at radius 3 is 2.89 bits per heavy atom. The second-order valence-corrected chi connectivity index (χ2v) is 5.63. The smallest absolute Gasteiger partial charge is 0.377 e. The number of epoxide rings is 1. The maximum Gasteiger partial charge on any atom is 0.377 e. The van der Waals surface area contributed by atoms with Crippen molar-refractivity contribution in [2.24, 2.45) is 11.8 Å². The molecule has 1 saturated carbocycles. The molecule has 0 radical (unpaired) electrons. The Bertz CT molecular complexity index is 351. The average Bonchev–Trinajstić information content (AvgIpc) is 2.96. The lowest BCUT2D eigenvalue weighted by atomic mass is 9.78. The first-order valence-electron chi connectivity index (χ1n) is 6.87. The molecule has 2 aliphatic heterocycles. The summed E-state index contributed by atoms with van der Waals surface area (Å²) in [5, 5.41) is 9.85. The van der Waals surface area contributed by atoms with E-state index in [0.29, 0.717) is 24.7 Å². The van der Waals surface area contributed by atoms with Gasteiger partial charge in [0.1, 0.15) is 6.04 Å². The summed E-state index contributed by atoms with van der Waals surface area (Å²) < 4.78 is 10.7. The van der Waals surface area contributed by atoms with E-state index >= 15 is 0 Å². The second kappa shape index (κ2) is 4.51. The quantitative estimate of drug-likeness (QED) is 0.440. The van der Waals surface area contributed by atoms with Gasteiger partial charge in [-0.1, -0.05) is 0 Å². The molecule has 5 nitrogen and oxygen atoms in total. The Kier molecular flexibility index (Phi) is 3.12. The summed E-state index contributed by atoms with van der Waals surface area (Å²) >= 11 is 0. The van der Waals surface area contributed by atoms with Crippen LogP contribution in [-0.4, -0.2) is 54.3 Å². The lowest BCUT2D eigenvalue weighted by Gasteiger charge is -2.28. The maximum atomic E-state index is 12.1. The fourth-order valence-electron chi connectivity index (χ4n) is 3.68. The highest BCUT2D eigenvalue weighted by molar-refractivity contribution is 6.45. The fourth-order valence-corrected chi connectivity index (χ4v) is 3.68. The molecule has 0 aromatic carbocycles. The van der Waals surface area contributed by atoms with E-state index in [1.54, 1.807) is 6.82 Å². The van der Waals surface area contributed by atoms with Gasteiger partial charge in [-0.25, -0.2) is 0 Å². The fraction of sp³-hybridized carbons (Fsp3) is 0.917. The van der Waals surface area contributed by atoms with Crippen molar-refractivity contribution in [3.63, 3.8) is 0 Å². The summed E-state index contributed by atoms with van der Waals surface area (Å²) in [4.78, 5) is 14.0. The molecule has 3 rings (SSSR count). The van der Waals surface area contributed by atoms with Crippen LogP contribution in [0.25, 0.3) is 0 Å². The molecule has 5 atom stereocenters. The molecular weight excluding hydrogens is 233 g/mol. The van der Waals surface area contributed by atoms with Crippen molar-refractivity contribution in [2.45, 2.75) is 44.8 Å². The van der Waals surface area contributed by atoms with E-state index in [1.807, 2.05) is 11.7 Å². The zero-order valence-electron chi connectivity index (χ0n) is 10.9. The first kappa shape index (κ1) is 12.4. The molecule has 0 aromatic rings. The molecule has 1 aliphatic carbocycles. The Morgan fingerprint density at radius 1 is 1.50 bits per heavy atom. The molecule has 2 heterocycles. The Labute approximate surface area is 108 Å². The van der Waals surface area contributed by atoms with Crippen LogP contribution in [0.1, 0.15) is 19.8 Å². The third kappa shape index (κ3) is 1.96. The molecule has 2 saturated heterocycles. The van der Waals surface area contributed by atoms with Gasteiger partial charge in [-0.05, 0) is 45.0 Å². The van der Waals surface area contributed by atoms with Gasteiger partial charge in [0.2, 0.25) is 0 Å². The van der Waals surface area contributed by atoms with Gasteiger partial charge in [0.05, 0.1) is 18.8 Å². The third-order valence-corrected chi connectivity index (χ3v) is 4.55. The third-order valence-electron chi connectivity index (χ3n) is 4.55. The van der Waals surface area contributed by atoms with Gasteiger partial charge in [0.25, 0.3) is 0 Å². The van der Waals surface area contributed by atoms with Gasteiger partial charge in [-0.2, -0.15) is 0 Å². The summed E-state index contributed by atoms with van der Waals surface area (Å²) in [5.41, 5.74) is 0. The van der Waals surface area contributed by atoms with Crippen LogP contribution in [-0.2, 0) is 14.3 Å². The van der Waals surface area contributed by atoms with E-state index in [4.69, 9.17) is 9.47 Å². The average molecular weight is 253 g/mol. The highest BCUT2D eigenvalue weighted by atomic mass is 16.6. The summed E-state index contributed by atoms with van der Waals surface area (Å²) in [6.45, 7) is 4.71. The van der Waals surface area contributed by atoms with Crippen LogP contribution < -0.4 is 0 Å². The van der Waals surface area contributed by atoms with Crippen molar-refractivity contribution in [1.29, 1.82) is 0 Å². The summed E-state index contributed by atoms with van der Waals surface area (Å²) in [6.07, 6.45) is 2.71. The van der Waals surface area contributed by atoms with Gasteiger partial charge in [0, 0.05) is 0 Å². The number of hydrogen-bond donors (Lipinski definition) is 1. The molecule has 0 amide bonds. The van der Waals surface area contributed by atoms with Crippen molar-refractivity contribution in [3.8, 4) is 0 Å². The number of hydrogen-bond acceptors (Lipinski definition) is 5. The number of carbonyl (C=O) groups excluding carboxylic acids is 1. The van der Waals surface area contributed by atoms with Crippen LogP contribution in [0, 0.1) is 11.8 Å². The van der Waals surface area contributed by atoms with Crippen molar-refractivity contribution < 1.29 is 19.3 Å². The maximum absolute atomic E-state index is 12.1. The zero-order valence-corrected chi connectivity index (χ0v) is 10.9. The molecule has 100 valence electrons. The van der Waals surface area contributed by atoms with Gasteiger partial charge >= 0.3 is 13.0 Å². The van der Waals surface area contributed by atoms with Gasteiger partial charge in [0.15, 0.2) is 0 Å². The van der Waals surface area contributed by atoms with Crippen molar-refractivity contribution in [2.75, 3.05) is 13.2 Å². The predicted molar refractivity (Wildman–Crippen MR) is 65.8 cm³/mol. The van der Waals surface area contributed by atoms with Crippen LogP contribution in [0.4, 0.5) is 0 Å². The number of carbonyl (C=O) groups is 1. The van der Waals surface area contributed by atoms with Gasteiger partial charge < -0.3 is 19.3 Å². The summed E-state index contributed by atoms with van der Waals surface area (Å²) in [5.74, 6) is 0.546. The Morgan fingerprint density at radius 2 is 2.22 bits per heavy atom. The Balaban J connectivity index is 1.78. The lowest BCUT2D eigenvalue weighted by Crippen LogP contribution is -2.48. The van der Waals surface area contributed by atoms with Crippen molar-refractivity contribution in [3.05, 3.63) is 0 Å². The topological polar surface area (TPSA) is 62.3 Å². The minimum absolute atomic E-state index is 0.190. The standard InChI is InChI=1S/C12H20BNO4/c1-3-17-12(15)11-8-5-10-9(18-10)4-7(8)6-14(11)13(2)16/h7-11,16H,3-6H2,1-2H3/t7-,8-,9?,10?,11?/m0/s1. The minimum atomic E-state index is -0.595. The van der Waals surface area contributed by atoms with E-state index < -0.39 is 7.05 Å². The van der Waals surface area contributed by atoms with Crippen LogP contribution in [0.2, 0.25) is 6.82 Å². The molecule has 18 heavy (non-hydrogen) atoms. The number of rotatable bonds is 3. The normalized spacial score (nSPS) is 42.1. The molecule has 6 heteroatoms. The van der Waals surface area contributed by atoms with E-state index in [1.165, 1.54) is 0 Å². The predicted octanol–water partition coefficient (Wildman–Crippen LogP) is 0.138.